The van der Waals surface area contributed by atoms with Crippen LogP contribution < -0.4 is 24.4 Å². The van der Waals surface area contributed by atoms with Gasteiger partial charge in [0.05, 0.1) is 25.0 Å². The summed E-state index contributed by atoms with van der Waals surface area (Å²) in [6, 6.07) is 13.4. The van der Waals surface area contributed by atoms with Crippen LogP contribution in [0, 0.1) is 0 Å². The molecule has 0 spiro atoms. The highest BCUT2D eigenvalue weighted by molar-refractivity contribution is 5.95. The van der Waals surface area contributed by atoms with Gasteiger partial charge in [-0.1, -0.05) is 18.2 Å². The van der Waals surface area contributed by atoms with Gasteiger partial charge in [0, 0.05) is 12.7 Å². The Bertz CT molecular complexity index is 1390. The van der Waals surface area contributed by atoms with Crippen LogP contribution in [0.4, 0.5) is 0 Å². The third kappa shape index (κ3) is 2.99. The zero-order valence-corrected chi connectivity index (χ0v) is 17.6. The van der Waals surface area contributed by atoms with Crippen LogP contribution in [0.1, 0.15) is 11.7 Å². The molecule has 8 heteroatoms. The van der Waals surface area contributed by atoms with Crippen molar-refractivity contribution in [3.8, 4) is 28.7 Å². The molecule has 3 aromatic carbocycles. The lowest BCUT2D eigenvalue weighted by molar-refractivity contribution is -0.137. The molecule has 0 amide bonds. The molecule has 32 heavy (non-hydrogen) atoms. The second-order valence-electron chi connectivity index (χ2n) is 7.23. The number of rotatable bonds is 4. The number of benzene rings is 3. The number of ether oxygens (including phenoxy) is 5. The first-order valence-corrected chi connectivity index (χ1v) is 9.85. The summed E-state index contributed by atoms with van der Waals surface area (Å²) in [4.78, 5) is 13.1. The SMILES string of the molecule is COc1cc([C@@H]2Oc3c(OC)cc4c(=O)c5ccccc5oc4c3O[C@H]2OC)ccc1O. The minimum atomic E-state index is -0.871. The Labute approximate surface area is 182 Å². The normalized spacial score (nSPS) is 17.5. The molecule has 2 heterocycles. The summed E-state index contributed by atoms with van der Waals surface area (Å²) in [5.41, 5.74) is 1.12. The Hall–Kier alpha value is -3.91. The van der Waals surface area contributed by atoms with Crippen molar-refractivity contribution >= 4 is 21.9 Å². The van der Waals surface area contributed by atoms with Gasteiger partial charge in [-0.3, -0.25) is 4.79 Å². The average Bonchev–Trinajstić information content (AvgIpc) is 2.83. The predicted molar refractivity (Wildman–Crippen MR) is 116 cm³/mol. The number of hydrogen-bond donors (Lipinski definition) is 1. The van der Waals surface area contributed by atoms with Crippen LogP contribution in [0.2, 0.25) is 0 Å². The maximum Gasteiger partial charge on any atom is 0.241 e. The van der Waals surface area contributed by atoms with Crippen molar-refractivity contribution in [2.75, 3.05) is 21.3 Å². The molecule has 4 aromatic rings. The Balaban J connectivity index is 1.72. The van der Waals surface area contributed by atoms with Crippen molar-refractivity contribution in [2.24, 2.45) is 0 Å². The first-order valence-electron chi connectivity index (χ1n) is 9.85. The van der Waals surface area contributed by atoms with E-state index in [1.807, 2.05) is 0 Å². The molecule has 2 atom stereocenters. The molecule has 1 aliphatic rings. The van der Waals surface area contributed by atoms with E-state index in [9.17, 15) is 9.90 Å². The van der Waals surface area contributed by atoms with Gasteiger partial charge in [0.25, 0.3) is 0 Å². The van der Waals surface area contributed by atoms with Crippen LogP contribution >= 0.6 is 0 Å². The van der Waals surface area contributed by atoms with E-state index in [-0.39, 0.29) is 34.0 Å². The van der Waals surface area contributed by atoms with Gasteiger partial charge in [0.2, 0.25) is 23.2 Å². The van der Waals surface area contributed by atoms with Gasteiger partial charge in [-0.15, -0.1) is 0 Å². The summed E-state index contributed by atoms with van der Waals surface area (Å²) in [5, 5.41) is 10.7. The molecule has 8 nitrogen and oxygen atoms in total. The van der Waals surface area contributed by atoms with E-state index >= 15 is 0 Å². The molecule has 1 aliphatic heterocycles. The molecular weight excluding hydrogens is 416 g/mol. The van der Waals surface area contributed by atoms with Crippen molar-refractivity contribution in [3.05, 3.63) is 64.3 Å². The maximum absolute atomic E-state index is 13.1. The predicted octanol–water partition coefficient (Wildman–Crippen LogP) is 4.15. The molecule has 1 N–H and O–H groups in total. The number of aromatic hydroxyl groups is 1. The highest BCUT2D eigenvalue weighted by atomic mass is 16.7. The third-order valence-electron chi connectivity index (χ3n) is 5.46. The molecule has 0 aliphatic carbocycles. The van der Waals surface area contributed by atoms with Gasteiger partial charge in [-0.2, -0.15) is 0 Å². The van der Waals surface area contributed by atoms with Crippen molar-refractivity contribution in [3.63, 3.8) is 0 Å². The summed E-state index contributed by atoms with van der Waals surface area (Å²) in [5.74, 6) is 1.11. The van der Waals surface area contributed by atoms with Crippen molar-refractivity contribution in [1.29, 1.82) is 0 Å². The maximum atomic E-state index is 13.1. The van der Waals surface area contributed by atoms with Crippen LogP contribution in [0.5, 0.6) is 28.7 Å². The Morgan fingerprint density at radius 3 is 2.41 bits per heavy atom. The minimum absolute atomic E-state index is 0.000396. The fourth-order valence-electron chi connectivity index (χ4n) is 3.87. The van der Waals surface area contributed by atoms with Crippen LogP contribution in [-0.4, -0.2) is 32.7 Å². The Morgan fingerprint density at radius 1 is 0.875 bits per heavy atom. The molecule has 164 valence electrons. The number of para-hydroxylation sites is 1. The molecule has 1 aromatic heterocycles. The first kappa shape index (κ1) is 20.0. The van der Waals surface area contributed by atoms with E-state index in [4.69, 9.17) is 28.1 Å². The highest BCUT2D eigenvalue weighted by Crippen LogP contribution is 2.50. The highest BCUT2D eigenvalue weighted by Gasteiger charge is 2.38. The van der Waals surface area contributed by atoms with Gasteiger partial charge in [0.15, 0.2) is 28.9 Å². The lowest BCUT2D eigenvalue weighted by atomic mass is 10.1. The molecule has 0 saturated carbocycles. The lowest BCUT2D eigenvalue weighted by Gasteiger charge is -2.34. The zero-order chi connectivity index (χ0) is 22.4. The van der Waals surface area contributed by atoms with Crippen molar-refractivity contribution in [1.82, 2.24) is 0 Å². The van der Waals surface area contributed by atoms with Gasteiger partial charge in [-0.25, -0.2) is 0 Å². The van der Waals surface area contributed by atoms with Crippen molar-refractivity contribution < 1.29 is 33.2 Å². The summed E-state index contributed by atoms with van der Waals surface area (Å²) in [6.07, 6.45) is -1.58. The van der Waals surface area contributed by atoms with Crippen LogP contribution in [0.25, 0.3) is 21.9 Å². The topological polar surface area (TPSA) is 96.6 Å². The fraction of sp³-hybridized carbons (Fsp3) is 0.208. The van der Waals surface area contributed by atoms with Crippen LogP contribution in [-0.2, 0) is 4.74 Å². The average molecular weight is 436 g/mol. The fourth-order valence-corrected chi connectivity index (χ4v) is 3.87. The van der Waals surface area contributed by atoms with Crippen LogP contribution in [0.3, 0.4) is 0 Å². The minimum Gasteiger partial charge on any atom is -0.504 e. The van der Waals surface area contributed by atoms with Gasteiger partial charge < -0.3 is 33.2 Å². The van der Waals surface area contributed by atoms with E-state index in [1.54, 1.807) is 42.5 Å². The number of methoxy groups -OCH3 is 3. The Kier molecular flexibility index (Phi) is 4.79. The van der Waals surface area contributed by atoms with E-state index in [0.717, 1.165) is 0 Å². The van der Waals surface area contributed by atoms with Crippen LogP contribution in [0.15, 0.2) is 57.7 Å². The number of phenolic OH excluding ortho intramolecular Hbond substituents is 1. The van der Waals surface area contributed by atoms with E-state index in [2.05, 4.69) is 0 Å². The largest absolute Gasteiger partial charge is 0.504 e. The molecule has 0 fully saturated rings. The molecule has 0 bridgehead atoms. The summed E-state index contributed by atoms with van der Waals surface area (Å²) in [7, 11) is 4.42. The second kappa shape index (κ2) is 7.65. The molecule has 5 rings (SSSR count). The number of hydrogen-bond acceptors (Lipinski definition) is 8. The molecule has 0 unspecified atom stereocenters. The quantitative estimate of drug-likeness (QED) is 0.477. The molecule has 0 radical (unpaired) electrons. The van der Waals surface area contributed by atoms with E-state index in [1.165, 1.54) is 27.4 Å². The third-order valence-corrected chi connectivity index (χ3v) is 5.46. The van der Waals surface area contributed by atoms with Gasteiger partial charge >= 0.3 is 0 Å². The molecule has 0 saturated heterocycles. The smallest absolute Gasteiger partial charge is 0.241 e. The monoisotopic (exact) mass is 436 g/mol. The number of phenols is 1. The second-order valence-corrected chi connectivity index (χ2v) is 7.23. The van der Waals surface area contributed by atoms with Crippen molar-refractivity contribution in [2.45, 2.75) is 12.4 Å². The number of fused-ring (bicyclic) bond motifs is 4. The van der Waals surface area contributed by atoms with E-state index < -0.39 is 12.4 Å². The summed E-state index contributed by atoms with van der Waals surface area (Å²) >= 11 is 0. The Morgan fingerprint density at radius 2 is 1.66 bits per heavy atom. The van der Waals surface area contributed by atoms with E-state index in [0.29, 0.717) is 27.7 Å². The van der Waals surface area contributed by atoms with Gasteiger partial charge in [-0.05, 0) is 30.3 Å². The zero-order valence-electron chi connectivity index (χ0n) is 17.6. The summed E-state index contributed by atoms with van der Waals surface area (Å²) in [6.45, 7) is 0. The first-order chi connectivity index (χ1) is 15.5. The standard InChI is InChI=1S/C24H20O8/c1-27-17-10-12(8-9-15(17)25)20-24(29-3)32-23-21-14(11-18(28-2)22(23)31-20)19(26)13-6-4-5-7-16(13)30-21/h4-11,20,24-25H,1-3H3/t20-,24+/m0/s1. The summed E-state index contributed by atoms with van der Waals surface area (Å²) < 4.78 is 34.7. The lowest BCUT2D eigenvalue weighted by Crippen LogP contribution is -2.35. The molecular formula is C24H20O8. The van der Waals surface area contributed by atoms with Gasteiger partial charge in [0.1, 0.15) is 5.58 Å².